The van der Waals surface area contributed by atoms with Gasteiger partial charge in [-0.3, -0.25) is 0 Å². The molecule has 3 unspecified atom stereocenters. The van der Waals surface area contributed by atoms with E-state index < -0.39 is 0 Å². The van der Waals surface area contributed by atoms with Crippen molar-refractivity contribution in [2.75, 3.05) is 6.54 Å². The van der Waals surface area contributed by atoms with Crippen LogP contribution in [0.15, 0.2) is 22.7 Å². The molecular formula is C14H18BrNO. The zero-order valence-corrected chi connectivity index (χ0v) is 11.7. The quantitative estimate of drug-likeness (QED) is 0.921. The number of ether oxygens (including phenoxy) is 1. The van der Waals surface area contributed by atoms with Crippen LogP contribution in [-0.4, -0.2) is 18.7 Å². The highest BCUT2D eigenvalue weighted by Gasteiger charge is 2.35. The fourth-order valence-electron chi connectivity index (χ4n) is 2.63. The van der Waals surface area contributed by atoms with Crippen molar-refractivity contribution in [3.8, 4) is 5.75 Å². The van der Waals surface area contributed by atoms with Crippen molar-refractivity contribution in [1.82, 2.24) is 5.32 Å². The van der Waals surface area contributed by atoms with Crippen LogP contribution in [0.5, 0.6) is 5.75 Å². The van der Waals surface area contributed by atoms with Crippen LogP contribution in [0.25, 0.3) is 0 Å². The number of hydrogen-bond donors (Lipinski definition) is 1. The summed E-state index contributed by atoms with van der Waals surface area (Å²) in [6.45, 7) is 3.25. The number of hydrogen-bond acceptors (Lipinski definition) is 2. The van der Waals surface area contributed by atoms with Gasteiger partial charge in [0.2, 0.25) is 0 Å². The summed E-state index contributed by atoms with van der Waals surface area (Å²) in [4.78, 5) is 0. The smallest absolute Gasteiger partial charge is 0.123 e. The highest BCUT2D eigenvalue weighted by atomic mass is 79.9. The van der Waals surface area contributed by atoms with E-state index >= 15 is 0 Å². The summed E-state index contributed by atoms with van der Waals surface area (Å²) in [6, 6.07) is 7.02. The van der Waals surface area contributed by atoms with Crippen molar-refractivity contribution < 1.29 is 4.74 Å². The van der Waals surface area contributed by atoms with Crippen LogP contribution in [0.4, 0.5) is 0 Å². The lowest BCUT2D eigenvalue weighted by Gasteiger charge is -2.11. The van der Waals surface area contributed by atoms with Gasteiger partial charge in [0.1, 0.15) is 11.9 Å². The summed E-state index contributed by atoms with van der Waals surface area (Å²) >= 11 is 3.50. The lowest BCUT2D eigenvalue weighted by Crippen LogP contribution is -2.32. The van der Waals surface area contributed by atoms with Gasteiger partial charge < -0.3 is 10.1 Å². The minimum absolute atomic E-state index is 0.317. The second kappa shape index (κ2) is 4.62. The second-order valence-electron chi connectivity index (χ2n) is 5.11. The van der Waals surface area contributed by atoms with E-state index in [0.29, 0.717) is 6.10 Å². The predicted molar refractivity (Wildman–Crippen MR) is 72.5 cm³/mol. The Balaban J connectivity index is 1.52. The molecule has 0 aromatic heterocycles. The molecule has 0 spiro atoms. The highest BCUT2D eigenvalue weighted by molar-refractivity contribution is 9.10. The lowest BCUT2D eigenvalue weighted by molar-refractivity contribution is 0.226. The minimum atomic E-state index is 0.317. The third-order valence-corrected chi connectivity index (χ3v) is 4.31. The molecule has 1 aliphatic heterocycles. The van der Waals surface area contributed by atoms with E-state index in [1.807, 2.05) is 6.07 Å². The third kappa shape index (κ3) is 2.50. The molecule has 1 fully saturated rings. The van der Waals surface area contributed by atoms with E-state index in [2.05, 4.69) is 40.3 Å². The highest BCUT2D eigenvalue weighted by Crippen LogP contribution is 2.34. The molecular weight excluding hydrogens is 278 g/mol. The van der Waals surface area contributed by atoms with E-state index in [0.717, 1.165) is 35.1 Å². The van der Waals surface area contributed by atoms with Crippen LogP contribution in [0.1, 0.15) is 25.3 Å². The first-order valence-electron chi connectivity index (χ1n) is 6.44. The van der Waals surface area contributed by atoms with Gasteiger partial charge in [-0.15, -0.1) is 0 Å². The Hall–Kier alpha value is -0.540. The standard InChI is InChI=1S/C14H18BrNO/c1-2-9-7-13(9)16-8-12-6-10-5-11(15)3-4-14(10)17-12/h3-5,9,12-13,16H,2,6-8H2,1H3. The summed E-state index contributed by atoms with van der Waals surface area (Å²) in [5.74, 6) is 1.97. The first-order valence-corrected chi connectivity index (χ1v) is 7.24. The molecule has 1 heterocycles. The Morgan fingerprint density at radius 2 is 2.35 bits per heavy atom. The zero-order valence-electron chi connectivity index (χ0n) is 10.1. The van der Waals surface area contributed by atoms with Gasteiger partial charge in [-0.05, 0) is 36.1 Å². The van der Waals surface area contributed by atoms with Gasteiger partial charge >= 0.3 is 0 Å². The van der Waals surface area contributed by atoms with Crippen LogP contribution in [-0.2, 0) is 6.42 Å². The normalized spacial score (nSPS) is 29.9. The van der Waals surface area contributed by atoms with Crippen molar-refractivity contribution in [3.05, 3.63) is 28.2 Å². The average Bonchev–Trinajstić information content (AvgIpc) is 2.97. The van der Waals surface area contributed by atoms with Gasteiger partial charge in [-0.2, -0.15) is 0 Å². The van der Waals surface area contributed by atoms with Gasteiger partial charge in [0.05, 0.1) is 0 Å². The first kappa shape index (κ1) is 11.5. The average molecular weight is 296 g/mol. The molecule has 3 rings (SSSR count). The Labute approximate surface area is 111 Å². The molecule has 92 valence electrons. The predicted octanol–water partition coefficient (Wildman–Crippen LogP) is 3.14. The molecule has 17 heavy (non-hydrogen) atoms. The van der Waals surface area contributed by atoms with E-state index in [-0.39, 0.29) is 0 Å². The second-order valence-corrected chi connectivity index (χ2v) is 6.03. The Bertz CT molecular complexity index is 421. The maximum Gasteiger partial charge on any atom is 0.123 e. The van der Waals surface area contributed by atoms with Gasteiger partial charge in [0.15, 0.2) is 0 Å². The van der Waals surface area contributed by atoms with E-state index in [9.17, 15) is 0 Å². The molecule has 0 bridgehead atoms. The van der Waals surface area contributed by atoms with E-state index in [4.69, 9.17) is 4.74 Å². The van der Waals surface area contributed by atoms with Crippen molar-refractivity contribution in [2.45, 2.75) is 38.3 Å². The van der Waals surface area contributed by atoms with Gasteiger partial charge in [-0.1, -0.05) is 29.3 Å². The zero-order chi connectivity index (χ0) is 11.8. The monoisotopic (exact) mass is 295 g/mol. The maximum atomic E-state index is 5.93. The van der Waals surface area contributed by atoms with Crippen LogP contribution in [0, 0.1) is 5.92 Å². The summed E-state index contributed by atoms with van der Waals surface area (Å²) in [7, 11) is 0. The molecule has 1 aromatic rings. The lowest BCUT2D eigenvalue weighted by atomic mass is 10.1. The van der Waals surface area contributed by atoms with Gasteiger partial charge in [0.25, 0.3) is 0 Å². The van der Waals surface area contributed by atoms with Crippen molar-refractivity contribution in [2.24, 2.45) is 5.92 Å². The fraction of sp³-hybridized carbons (Fsp3) is 0.571. The van der Waals surface area contributed by atoms with Crippen molar-refractivity contribution >= 4 is 15.9 Å². The molecule has 2 aliphatic rings. The first-order chi connectivity index (χ1) is 8.26. The summed E-state index contributed by atoms with van der Waals surface area (Å²) in [6.07, 6.45) is 4.00. The van der Waals surface area contributed by atoms with Crippen LogP contribution < -0.4 is 10.1 Å². The maximum absolute atomic E-state index is 5.93. The molecule has 1 N–H and O–H groups in total. The number of nitrogens with one attached hydrogen (secondary N) is 1. The van der Waals surface area contributed by atoms with E-state index in [1.54, 1.807) is 0 Å². The molecule has 3 atom stereocenters. The largest absolute Gasteiger partial charge is 0.488 e. The van der Waals surface area contributed by atoms with E-state index in [1.165, 1.54) is 18.4 Å². The van der Waals surface area contributed by atoms with Crippen molar-refractivity contribution in [1.29, 1.82) is 0 Å². The number of benzene rings is 1. The van der Waals surface area contributed by atoms with Crippen LogP contribution in [0.2, 0.25) is 0 Å². The topological polar surface area (TPSA) is 21.3 Å². The fourth-order valence-corrected chi connectivity index (χ4v) is 3.04. The molecule has 1 aliphatic carbocycles. The molecule has 0 saturated heterocycles. The van der Waals surface area contributed by atoms with Gasteiger partial charge in [0, 0.05) is 23.5 Å². The molecule has 1 saturated carbocycles. The molecule has 1 aromatic carbocycles. The molecule has 2 nitrogen and oxygen atoms in total. The summed E-state index contributed by atoms with van der Waals surface area (Å²) < 4.78 is 7.07. The summed E-state index contributed by atoms with van der Waals surface area (Å²) in [5, 5.41) is 3.61. The summed E-state index contributed by atoms with van der Waals surface area (Å²) in [5.41, 5.74) is 1.33. The molecule has 0 amide bonds. The number of halogens is 1. The third-order valence-electron chi connectivity index (χ3n) is 3.82. The molecule has 3 heteroatoms. The number of rotatable bonds is 4. The Morgan fingerprint density at radius 3 is 3.12 bits per heavy atom. The number of fused-ring (bicyclic) bond motifs is 1. The minimum Gasteiger partial charge on any atom is -0.488 e. The van der Waals surface area contributed by atoms with Crippen molar-refractivity contribution in [3.63, 3.8) is 0 Å². The Morgan fingerprint density at radius 1 is 1.47 bits per heavy atom. The van der Waals surface area contributed by atoms with Crippen LogP contribution >= 0.6 is 15.9 Å². The van der Waals surface area contributed by atoms with Crippen LogP contribution in [0.3, 0.4) is 0 Å². The SMILES string of the molecule is CCC1CC1NCC1Cc2cc(Br)ccc2O1. The van der Waals surface area contributed by atoms with Gasteiger partial charge in [-0.25, -0.2) is 0 Å². The molecule has 0 radical (unpaired) electrons. The Kier molecular flexibility index (Phi) is 3.14.